The van der Waals surface area contributed by atoms with Gasteiger partial charge in [0.15, 0.2) is 5.69 Å². The largest absolute Gasteiger partial charge is 0.299 e. The van der Waals surface area contributed by atoms with Crippen LogP contribution in [0.4, 0.5) is 11.4 Å². The van der Waals surface area contributed by atoms with Crippen LogP contribution in [0.5, 0.6) is 0 Å². The lowest BCUT2D eigenvalue weighted by molar-refractivity contribution is 0.483. The van der Waals surface area contributed by atoms with Crippen LogP contribution in [0, 0.1) is 6.92 Å². The zero-order chi connectivity index (χ0) is 18.9. The van der Waals surface area contributed by atoms with Crippen LogP contribution in [0.2, 0.25) is 5.02 Å². The fourth-order valence-electron chi connectivity index (χ4n) is 2.25. The Bertz CT molecular complexity index is 1150. The van der Waals surface area contributed by atoms with E-state index in [4.69, 9.17) is 11.6 Å². The summed E-state index contributed by atoms with van der Waals surface area (Å²) in [5, 5.41) is 10.9. The van der Waals surface area contributed by atoms with E-state index in [9.17, 15) is 17.8 Å². The summed E-state index contributed by atoms with van der Waals surface area (Å²) < 4.78 is 32.9. The summed E-state index contributed by atoms with van der Waals surface area (Å²) in [4.78, 5) is 12.2. The fourth-order valence-corrected chi connectivity index (χ4v) is 2.95. The zero-order valence-electron chi connectivity index (χ0n) is 13.4. The lowest BCUT2D eigenvalue weighted by Crippen LogP contribution is -2.15. The Hall–Kier alpha value is -2.75. The third kappa shape index (κ3) is 3.59. The van der Waals surface area contributed by atoms with Gasteiger partial charge in [0.25, 0.3) is 15.7 Å². The van der Waals surface area contributed by atoms with Gasteiger partial charge in [0.05, 0.1) is 27.0 Å². The minimum absolute atomic E-state index is 0.0576. The molecule has 0 aliphatic carbocycles. The van der Waals surface area contributed by atoms with E-state index < -0.39 is 15.7 Å². The van der Waals surface area contributed by atoms with Crippen molar-refractivity contribution >= 4 is 33.1 Å². The number of aryl methyl sites for hydroxylation is 1. The smallest absolute Gasteiger partial charge is 0.293 e. The maximum atomic E-state index is 12.6. The standard InChI is InChI=1S/C16H13ClN4O4S/c1-10-15(19-18-11-5-3-2-4-6-11)16(22)21(20-10)14-9-12(26(23,24)25)7-8-13(14)17/h2-9,20H,1H3,(H,23,24,25). The summed E-state index contributed by atoms with van der Waals surface area (Å²) in [6.45, 7) is 1.62. The van der Waals surface area contributed by atoms with Crippen molar-refractivity contribution in [3.05, 3.63) is 69.6 Å². The second-order valence-corrected chi connectivity index (χ2v) is 7.18. The first-order valence-electron chi connectivity index (χ1n) is 7.33. The third-order valence-corrected chi connectivity index (χ3v) is 4.69. The number of aromatic nitrogens is 2. The van der Waals surface area contributed by atoms with Gasteiger partial charge in [-0.2, -0.15) is 13.5 Å². The maximum absolute atomic E-state index is 12.6. The molecule has 0 atom stereocenters. The molecule has 0 saturated heterocycles. The number of halogens is 1. The average Bonchev–Trinajstić information content (AvgIpc) is 2.87. The summed E-state index contributed by atoms with van der Waals surface area (Å²) in [5.74, 6) is 0. The number of azo groups is 1. The van der Waals surface area contributed by atoms with Crippen molar-refractivity contribution in [2.45, 2.75) is 11.8 Å². The Labute approximate surface area is 153 Å². The molecular weight excluding hydrogens is 380 g/mol. The minimum Gasteiger partial charge on any atom is -0.293 e. The Morgan fingerprint density at radius 1 is 1.12 bits per heavy atom. The molecular formula is C16H13ClN4O4S. The van der Waals surface area contributed by atoms with Crippen LogP contribution >= 0.6 is 11.6 Å². The maximum Gasteiger partial charge on any atom is 0.299 e. The highest BCUT2D eigenvalue weighted by Gasteiger charge is 2.18. The van der Waals surface area contributed by atoms with E-state index in [-0.39, 0.29) is 21.3 Å². The molecule has 0 amide bonds. The predicted molar refractivity (Wildman–Crippen MR) is 96.6 cm³/mol. The highest BCUT2D eigenvalue weighted by molar-refractivity contribution is 7.85. The average molecular weight is 393 g/mol. The van der Waals surface area contributed by atoms with Crippen molar-refractivity contribution in [1.82, 2.24) is 9.78 Å². The molecule has 134 valence electrons. The third-order valence-electron chi connectivity index (χ3n) is 3.52. The highest BCUT2D eigenvalue weighted by atomic mass is 35.5. The molecule has 2 aromatic carbocycles. The van der Waals surface area contributed by atoms with E-state index in [2.05, 4.69) is 15.3 Å². The quantitative estimate of drug-likeness (QED) is 0.518. The molecule has 10 heteroatoms. The van der Waals surface area contributed by atoms with Crippen LogP contribution in [0.15, 0.2) is 68.4 Å². The van der Waals surface area contributed by atoms with Crippen molar-refractivity contribution < 1.29 is 13.0 Å². The lowest BCUT2D eigenvalue weighted by Gasteiger charge is -2.06. The molecule has 0 radical (unpaired) electrons. The highest BCUT2D eigenvalue weighted by Crippen LogP contribution is 2.25. The van der Waals surface area contributed by atoms with E-state index >= 15 is 0 Å². The monoisotopic (exact) mass is 392 g/mol. The van der Waals surface area contributed by atoms with Crippen LogP contribution in [-0.2, 0) is 10.1 Å². The molecule has 0 spiro atoms. The number of hydrogen-bond acceptors (Lipinski definition) is 5. The van der Waals surface area contributed by atoms with Gasteiger partial charge in [0, 0.05) is 0 Å². The number of H-pyrrole nitrogens is 1. The fraction of sp³-hybridized carbons (Fsp3) is 0.0625. The molecule has 0 unspecified atom stereocenters. The van der Waals surface area contributed by atoms with Crippen molar-refractivity contribution in [3.63, 3.8) is 0 Å². The molecule has 8 nitrogen and oxygen atoms in total. The molecule has 3 aromatic rings. The van der Waals surface area contributed by atoms with Crippen LogP contribution in [0.1, 0.15) is 5.69 Å². The number of aromatic amines is 1. The second-order valence-electron chi connectivity index (χ2n) is 5.35. The van der Waals surface area contributed by atoms with Crippen molar-refractivity contribution in [2.75, 3.05) is 0 Å². The van der Waals surface area contributed by atoms with Gasteiger partial charge in [0.1, 0.15) is 0 Å². The molecule has 0 aliphatic heterocycles. The van der Waals surface area contributed by atoms with E-state index in [0.29, 0.717) is 11.4 Å². The molecule has 0 fully saturated rings. The Morgan fingerprint density at radius 3 is 2.46 bits per heavy atom. The van der Waals surface area contributed by atoms with Crippen LogP contribution < -0.4 is 5.56 Å². The normalized spacial score (nSPS) is 12.0. The summed E-state index contributed by atoms with van der Waals surface area (Å²) >= 11 is 6.08. The van der Waals surface area contributed by atoms with Gasteiger partial charge in [-0.15, -0.1) is 5.11 Å². The summed E-state index contributed by atoms with van der Waals surface area (Å²) in [5.41, 5.74) is 0.559. The predicted octanol–water partition coefficient (Wildman–Crippen LogP) is 3.79. The number of rotatable bonds is 4. The molecule has 26 heavy (non-hydrogen) atoms. The van der Waals surface area contributed by atoms with Crippen molar-refractivity contribution in [1.29, 1.82) is 0 Å². The van der Waals surface area contributed by atoms with Gasteiger partial charge in [-0.25, -0.2) is 4.68 Å². The molecule has 1 aromatic heterocycles. The Balaban J connectivity index is 2.09. The minimum atomic E-state index is -4.44. The van der Waals surface area contributed by atoms with E-state index in [1.165, 1.54) is 6.07 Å². The molecule has 1 heterocycles. The van der Waals surface area contributed by atoms with Crippen molar-refractivity contribution in [2.24, 2.45) is 10.2 Å². The van der Waals surface area contributed by atoms with E-state index in [1.807, 2.05) is 6.07 Å². The van der Waals surface area contributed by atoms with Gasteiger partial charge < -0.3 is 0 Å². The van der Waals surface area contributed by atoms with Crippen LogP contribution in [-0.4, -0.2) is 22.8 Å². The first-order chi connectivity index (χ1) is 12.3. The number of hydrogen-bond donors (Lipinski definition) is 2. The summed E-state index contributed by atoms with van der Waals surface area (Å²) in [6.07, 6.45) is 0. The molecule has 0 bridgehead atoms. The SMILES string of the molecule is Cc1[nH]n(-c2cc(S(=O)(=O)O)ccc2Cl)c(=O)c1N=Nc1ccccc1. The molecule has 0 aliphatic rings. The van der Waals surface area contributed by atoms with Crippen LogP contribution in [0.25, 0.3) is 5.69 Å². The Kier molecular flexibility index (Phi) is 4.77. The van der Waals surface area contributed by atoms with Gasteiger partial charge in [-0.05, 0) is 37.3 Å². The molecule has 3 rings (SSSR count). The molecule has 0 saturated carbocycles. The number of nitrogens with one attached hydrogen (secondary N) is 1. The zero-order valence-corrected chi connectivity index (χ0v) is 15.0. The van der Waals surface area contributed by atoms with E-state index in [0.717, 1.165) is 16.8 Å². The van der Waals surface area contributed by atoms with Gasteiger partial charge in [-0.1, -0.05) is 29.8 Å². The van der Waals surface area contributed by atoms with E-state index in [1.54, 1.807) is 31.2 Å². The molecule has 2 N–H and O–H groups in total. The summed E-state index contributed by atoms with van der Waals surface area (Å²) in [7, 11) is -4.44. The first kappa shape index (κ1) is 18.1. The van der Waals surface area contributed by atoms with Crippen LogP contribution in [0.3, 0.4) is 0 Å². The van der Waals surface area contributed by atoms with Gasteiger partial charge in [-0.3, -0.25) is 14.4 Å². The summed E-state index contributed by atoms with van der Waals surface area (Å²) in [6, 6.07) is 12.4. The van der Waals surface area contributed by atoms with Gasteiger partial charge in [0.2, 0.25) is 0 Å². The van der Waals surface area contributed by atoms with Crippen molar-refractivity contribution in [3.8, 4) is 5.69 Å². The van der Waals surface area contributed by atoms with Gasteiger partial charge >= 0.3 is 0 Å². The lowest BCUT2D eigenvalue weighted by atomic mass is 10.3. The number of nitrogens with zero attached hydrogens (tertiary/aromatic N) is 3. The Morgan fingerprint density at radius 2 is 1.81 bits per heavy atom. The first-order valence-corrected chi connectivity index (χ1v) is 9.15. The second kappa shape index (κ2) is 6.87. The number of benzene rings is 2. The topological polar surface area (TPSA) is 117 Å².